The second-order valence-electron chi connectivity index (χ2n) is 6.42. The minimum atomic E-state index is -0.220. The van der Waals surface area contributed by atoms with Gasteiger partial charge in [-0.3, -0.25) is 9.89 Å². The molecule has 1 aliphatic heterocycles. The van der Waals surface area contributed by atoms with E-state index < -0.39 is 0 Å². The average molecular weight is 502 g/mol. The molecule has 1 fully saturated rings. The quantitative estimate of drug-likeness (QED) is 0.347. The van der Waals surface area contributed by atoms with E-state index in [2.05, 4.69) is 20.5 Å². The van der Waals surface area contributed by atoms with Crippen LogP contribution in [0.15, 0.2) is 52.1 Å². The molecular weight excluding hydrogens is 474 g/mol. The third-order valence-electron chi connectivity index (χ3n) is 4.67. The molecule has 2 N–H and O–H groups in total. The maximum atomic E-state index is 13.3. The van der Waals surface area contributed by atoms with Crippen LogP contribution in [0.25, 0.3) is 0 Å². The summed E-state index contributed by atoms with van der Waals surface area (Å²) in [6, 6.07) is 10.7. The van der Waals surface area contributed by atoms with Crippen LogP contribution < -0.4 is 10.6 Å². The second-order valence-corrected chi connectivity index (χ2v) is 6.42. The number of nitrogens with zero attached hydrogens (tertiary/aromatic N) is 2. The van der Waals surface area contributed by atoms with Crippen molar-refractivity contribution in [1.29, 1.82) is 0 Å². The summed E-state index contributed by atoms with van der Waals surface area (Å²) in [7, 11) is 1.75. The van der Waals surface area contributed by atoms with Crippen molar-refractivity contribution in [2.75, 3.05) is 46.4 Å². The number of rotatable bonds is 7. The molecule has 1 aromatic heterocycles. The molecule has 0 bridgehead atoms. The lowest BCUT2D eigenvalue weighted by molar-refractivity contribution is 0.0170. The van der Waals surface area contributed by atoms with E-state index in [-0.39, 0.29) is 35.8 Å². The predicted molar refractivity (Wildman–Crippen MR) is 119 cm³/mol. The molecule has 0 radical (unpaired) electrons. The predicted octanol–water partition coefficient (Wildman–Crippen LogP) is 2.82. The maximum absolute atomic E-state index is 13.3. The lowest BCUT2D eigenvalue weighted by Gasteiger charge is -2.35. The SMILES string of the molecule is CN=C(NCCc1ccco1)NCC(c1ccc(F)cc1)N1CCOCC1.I. The molecule has 0 amide bonds. The summed E-state index contributed by atoms with van der Waals surface area (Å²) in [5.74, 6) is 1.46. The smallest absolute Gasteiger partial charge is 0.191 e. The Balaban J connectivity index is 0.00000280. The second kappa shape index (κ2) is 12.0. The summed E-state index contributed by atoms with van der Waals surface area (Å²) in [4.78, 5) is 6.65. The molecule has 1 aromatic carbocycles. The fourth-order valence-corrected chi connectivity index (χ4v) is 3.20. The van der Waals surface area contributed by atoms with Crippen molar-refractivity contribution in [2.24, 2.45) is 4.99 Å². The molecule has 2 heterocycles. The van der Waals surface area contributed by atoms with Gasteiger partial charge in [-0.1, -0.05) is 12.1 Å². The summed E-state index contributed by atoms with van der Waals surface area (Å²) in [5.41, 5.74) is 1.08. The molecule has 0 saturated carbocycles. The molecule has 1 aliphatic rings. The van der Waals surface area contributed by atoms with Crippen LogP contribution in [-0.4, -0.2) is 57.3 Å². The van der Waals surface area contributed by atoms with E-state index in [1.165, 1.54) is 12.1 Å². The number of hydrogen-bond donors (Lipinski definition) is 2. The van der Waals surface area contributed by atoms with Crippen LogP contribution >= 0.6 is 24.0 Å². The number of benzene rings is 1. The van der Waals surface area contributed by atoms with Crippen molar-refractivity contribution in [2.45, 2.75) is 12.5 Å². The zero-order valence-electron chi connectivity index (χ0n) is 16.1. The Morgan fingerprint density at radius 3 is 2.57 bits per heavy atom. The molecule has 1 atom stereocenters. The Hall–Kier alpha value is -1.65. The summed E-state index contributed by atoms with van der Waals surface area (Å²) < 4.78 is 24.1. The van der Waals surface area contributed by atoms with Crippen LogP contribution in [0.2, 0.25) is 0 Å². The van der Waals surface area contributed by atoms with Gasteiger partial charge in [-0.2, -0.15) is 0 Å². The number of furan rings is 1. The normalized spacial score (nSPS) is 16.3. The van der Waals surface area contributed by atoms with E-state index in [0.29, 0.717) is 19.8 Å². The van der Waals surface area contributed by atoms with Crippen LogP contribution in [0, 0.1) is 5.82 Å². The first-order chi connectivity index (χ1) is 13.3. The summed E-state index contributed by atoms with van der Waals surface area (Å²) in [5, 5.41) is 6.69. The molecule has 154 valence electrons. The molecule has 0 spiro atoms. The van der Waals surface area contributed by atoms with Gasteiger partial charge in [-0.15, -0.1) is 24.0 Å². The summed E-state index contributed by atoms with van der Waals surface area (Å²) in [6.45, 7) is 4.54. The average Bonchev–Trinajstić information content (AvgIpc) is 3.22. The van der Waals surface area contributed by atoms with Gasteiger partial charge in [-0.05, 0) is 29.8 Å². The Labute approximate surface area is 182 Å². The molecule has 3 rings (SSSR count). The van der Waals surface area contributed by atoms with Crippen LogP contribution in [0.3, 0.4) is 0 Å². The fourth-order valence-electron chi connectivity index (χ4n) is 3.20. The van der Waals surface area contributed by atoms with Gasteiger partial charge in [0.15, 0.2) is 5.96 Å². The van der Waals surface area contributed by atoms with Crippen molar-refractivity contribution in [1.82, 2.24) is 15.5 Å². The molecule has 8 heteroatoms. The highest BCUT2D eigenvalue weighted by molar-refractivity contribution is 14.0. The summed E-state index contributed by atoms with van der Waals surface area (Å²) in [6.07, 6.45) is 2.47. The number of ether oxygens (including phenoxy) is 1. The van der Waals surface area contributed by atoms with Crippen molar-refractivity contribution in [3.05, 3.63) is 59.8 Å². The van der Waals surface area contributed by atoms with Gasteiger partial charge in [0.25, 0.3) is 0 Å². The van der Waals surface area contributed by atoms with Gasteiger partial charge in [0.2, 0.25) is 0 Å². The number of halogens is 2. The third kappa shape index (κ3) is 6.75. The van der Waals surface area contributed by atoms with Crippen molar-refractivity contribution < 1.29 is 13.5 Å². The summed E-state index contributed by atoms with van der Waals surface area (Å²) >= 11 is 0. The van der Waals surface area contributed by atoms with Crippen LogP contribution in [0.5, 0.6) is 0 Å². The topological polar surface area (TPSA) is 62.0 Å². The van der Waals surface area contributed by atoms with E-state index in [4.69, 9.17) is 9.15 Å². The number of aliphatic imine (C=N–C) groups is 1. The van der Waals surface area contributed by atoms with Crippen LogP contribution in [-0.2, 0) is 11.2 Å². The Morgan fingerprint density at radius 2 is 1.93 bits per heavy atom. The molecule has 6 nitrogen and oxygen atoms in total. The maximum Gasteiger partial charge on any atom is 0.191 e. The minimum Gasteiger partial charge on any atom is -0.469 e. The van der Waals surface area contributed by atoms with Crippen LogP contribution in [0.4, 0.5) is 4.39 Å². The van der Waals surface area contributed by atoms with Gasteiger partial charge in [0, 0.05) is 39.6 Å². The lowest BCUT2D eigenvalue weighted by atomic mass is 10.0. The lowest BCUT2D eigenvalue weighted by Crippen LogP contribution is -2.46. The first kappa shape index (κ1) is 22.6. The highest BCUT2D eigenvalue weighted by atomic mass is 127. The molecule has 1 saturated heterocycles. The van der Waals surface area contributed by atoms with Gasteiger partial charge in [0.1, 0.15) is 11.6 Å². The molecule has 1 unspecified atom stereocenters. The van der Waals surface area contributed by atoms with E-state index in [1.54, 1.807) is 13.3 Å². The van der Waals surface area contributed by atoms with Gasteiger partial charge < -0.3 is 19.8 Å². The highest BCUT2D eigenvalue weighted by Gasteiger charge is 2.23. The number of morpholine rings is 1. The Morgan fingerprint density at radius 1 is 1.18 bits per heavy atom. The largest absolute Gasteiger partial charge is 0.469 e. The van der Waals surface area contributed by atoms with Crippen molar-refractivity contribution in [3.63, 3.8) is 0 Å². The zero-order chi connectivity index (χ0) is 18.9. The molecular formula is C20H28FIN4O2. The minimum absolute atomic E-state index is 0. The number of guanidine groups is 1. The first-order valence-corrected chi connectivity index (χ1v) is 9.30. The number of hydrogen-bond acceptors (Lipinski definition) is 4. The van der Waals surface area contributed by atoms with E-state index in [9.17, 15) is 4.39 Å². The van der Waals surface area contributed by atoms with Gasteiger partial charge in [-0.25, -0.2) is 4.39 Å². The Kier molecular flexibility index (Phi) is 9.72. The number of nitrogens with one attached hydrogen (secondary N) is 2. The molecule has 0 aliphatic carbocycles. The van der Waals surface area contributed by atoms with Gasteiger partial charge >= 0.3 is 0 Å². The van der Waals surface area contributed by atoms with E-state index >= 15 is 0 Å². The zero-order valence-corrected chi connectivity index (χ0v) is 18.4. The third-order valence-corrected chi connectivity index (χ3v) is 4.67. The monoisotopic (exact) mass is 502 g/mol. The van der Waals surface area contributed by atoms with E-state index in [1.807, 2.05) is 24.3 Å². The van der Waals surface area contributed by atoms with Gasteiger partial charge in [0.05, 0.1) is 25.5 Å². The molecule has 28 heavy (non-hydrogen) atoms. The standard InChI is InChI=1S/C20H27FN4O2.HI/c1-22-20(23-9-8-18-3-2-12-27-18)24-15-19(25-10-13-26-14-11-25)16-4-6-17(21)7-5-16;/h2-7,12,19H,8-11,13-15H2,1H3,(H2,22,23,24);1H. The highest BCUT2D eigenvalue weighted by Crippen LogP contribution is 2.21. The van der Waals surface area contributed by atoms with Crippen molar-refractivity contribution in [3.8, 4) is 0 Å². The molecule has 2 aromatic rings. The van der Waals surface area contributed by atoms with Crippen LogP contribution in [0.1, 0.15) is 17.4 Å². The Bertz CT molecular complexity index is 704. The van der Waals surface area contributed by atoms with Crippen molar-refractivity contribution >= 4 is 29.9 Å². The fraction of sp³-hybridized carbons (Fsp3) is 0.450. The van der Waals surface area contributed by atoms with E-state index in [0.717, 1.165) is 43.3 Å². The first-order valence-electron chi connectivity index (χ1n) is 9.30.